The van der Waals surface area contributed by atoms with E-state index in [9.17, 15) is 14.0 Å². The highest BCUT2D eigenvalue weighted by Crippen LogP contribution is 2.18. The molecule has 3 rings (SSSR count). The van der Waals surface area contributed by atoms with E-state index < -0.39 is 17.4 Å². The number of hydrogen-bond acceptors (Lipinski definition) is 3. The van der Waals surface area contributed by atoms with E-state index in [4.69, 9.17) is 4.42 Å². The van der Waals surface area contributed by atoms with Crippen molar-refractivity contribution in [2.24, 2.45) is 0 Å². The van der Waals surface area contributed by atoms with Crippen LogP contribution in [0, 0.1) is 12.7 Å². The third-order valence-corrected chi connectivity index (χ3v) is 3.05. The molecule has 1 N–H and O–H groups in total. The number of oxazole rings is 1. The second-order valence-electron chi connectivity index (χ2n) is 4.54. The van der Waals surface area contributed by atoms with Gasteiger partial charge in [0.1, 0.15) is 5.82 Å². The number of rotatable bonds is 2. The molecule has 100 valence electrons. The molecule has 4 nitrogen and oxygen atoms in total. The first-order valence-corrected chi connectivity index (χ1v) is 5.98. The van der Waals surface area contributed by atoms with Gasteiger partial charge in [0, 0.05) is 5.56 Å². The van der Waals surface area contributed by atoms with Crippen LogP contribution in [-0.2, 0) is 0 Å². The molecule has 0 radical (unpaired) electrons. The van der Waals surface area contributed by atoms with Gasteiger partial charge in [-0.25, -0.2) is 9.18 Å². The topological polar surface area (TPSA) is 63.1 Å². The fraction of sp³-hybridized carbons (Fsp3) is 0.0667. The maximum absolute atomic E-state index is 13.8. The Morgan fingerprint density at radius 2 is 2.00 bits per heavy atom. The second-order valence-corrected chi connectivity index (χ2v) is 4.54. The number of nitrogens with one attached hydrogen (secondary N) is 1. The molecule has 1 aromatic heterocycles. The summed E-state index contributed by atoms with van der Waals surface area (Å²) >= 11 is 0. The SMILES string of the molecule is Cc1ccc(C(=O)c2ccc3[nH]c(=O)oc3c2)c(F)c1. The summed E-state index contributed by atoms with van der Waals surface area (Å²) in [5, 5.41) is 0. The van der Waals surface area contributed by atoms with Crippen LogP contribution in [0.1, 0.15) is 21.5 Å². The standard InChI is InChI=1S/C15H10FNO3/c1-8-2-4-10(11(16)6-8)14(18)9-3-5-12-13(7-9)20-15(19)17-12/h2-7H,1H3,(H,17,19). The lowest BCUT2D eigenvalue weighted by molar-refractivity contribution is 0.103. The van der Waals surface area contributed by atoms with Gasteiger partial charge in [-0.3, -0.25) is 9.78 Å². The molecule has 0 saturated heterocycles. The number of hydrogen-bond donors (Lipinski definition) is 1. The van der Waals surface area contributed by atoms with Gasteiger partial charge < -0.3 is 4.42 Å². The Bertz CT molecular complexity index is 876. The zero-order chi connectivity index (χ0) is 14.3. The van der Waals surface area contributed by atoms with Crippen molar-refractivity contribution in [1.82, 2.24) is 4.98 Å². The molecule has 1 heterocycles. The van der Waals surface area contributed by atoms with Gasteiger partial charge in [-0.2, -0.15) is 0 Å². The molecule has 3 aromatic rings. The Morgan fingerprint density at radius 1 is 1.20 bits per heavy atom. The monoisotopic (exact) mass is 271 g/mol. The smallest absolute Gasteiger partial charge is 0.408 e. The number of carbonyl (C=O) groups is 1. The summed E-state index contributed by atoms with van der Waals surface area (Å²) in [6.45, 7) is 1.75. The lowest BCUT2D eigenvalue weighted by Gasteiger charge is -2.03. The first kappa shape index (κ1) is 12.3. The molecule has 0 saturated carbocycles. The van der Waals surface area contributed by atoms with Crippen molar-refractivity contribution in [2.75, 3.05) is 0 Å². The molecule has 5 heteroatoms. The van der Waals surface area contributed by atoms with E-state index in [2.05, 4.69) is 4.98 Å². The van der Waals surface area contributed by atoms with Gasteiger partial charge in [-0.05, 0) is 42.8 Å². The minimum Gasteiger partial charge on any atom is -0.408 e. The van der Waals surface area contributed by atoms with Crippen LogP contribution in [0.5, 0.6) is 0 Å². The lowest BCUT2D eigenvalue weighted by atomic mass is 10.0. The quantitative estimate of drug-likeness (QED) is 0.729. The van der Waals surface area contributed by atoms with Crippen molar-refractivity contribution < 1.29 is 13.6 Å². The molecular weight excluding hydrogens is 261 g/mol. The van der Waals surface area contributed by atoms with Crippen molar-refractivity contribution in [2.45, 2.75) is 6.92 Å². The predicted octanol–water partition coefficient (Wildman–Crippen LogP) is 2.80. The minimum atomic E-state index is -0.592. The zero-order valence-corrected chi connectivity index (χ0v) is 10.6. The number of H-pyrrole nitrogens is 1. The molecule has 0 spiro atoms. The number of halogens is 1. The predicted molar refractivity (Wildman–Crippen MR) is 71.4 cm³/mol. The summed E-state index contributed by atoms with van der Waals surface area (Å²) in [4.78, 5) is 25.8. The Kier molecular flexibility index (Phi) is 2.75. The average molecular weight is 271 g/mol. The van der Waals surface area contributed by atoms with Gasteiger partial charge in [-0.15, -0.1) is 0 Å². The van der Waals surface area contributed by atoms with Gasteiger partial charge >= 0.3 is 5.76 Å². The molecular formula is C15H10FNO3. The molecule has 0 unspecified atom stereocenters. The van der Waals surface area contributed by atoms with E-state index in [-0.39, 0.29) is 16.7 Å². The highest BCUT2D eigenvalue weighted by molar-refractivity contribution is 6.10. The van der Waals surface area contributed by atoms with Crippen LogP contribution in [0.25, 0.3) is 11.1 Å². The van der Waals surface area contributed by atoms with Gasteiger partial charge in [0.25, 0.3) is 0 Å². The van der Waals surface area contributed by atoms with Gasteiger partial charge in [0.2, 0.25) is 0 Å². The summed E-state index contributed by atoms with van der Waals surface area (Å²) in [7, 11) is 0. The van der Waals surface area contributed by atoms with Crippen LogP contribution in [-0.4, -0.2) is 10.8 Å². The van der Waals surface area contributed by atoms with E-state index >= 15 is 0 Å². The molecule has 0 amide bonds. The Hall–Kier alpha value is -2.69. The van der Waals surface area contributed by atoms with Crippen LogP contribution in [0.3, 0.4) is 0 Å². The number of aryl methyl sites for hydroxylation is 1. The third-order valence-electron chi connectivity index (χ3n) is 3.05. The van der Waals surface area contributed by atoms with Crippen molar-refractivity contribution in [3.05, 3.63) is 69.5 Å². The summed E-state index contributed by atoms with van der Waals surface area (Å²) in [5.74, 6) is -1.61. The molecule has 0 fully saturated rings. The van der Waals surface area contributed by atoms with E-state index in [0.29, 0.717) is 5.52 Å². The van der Waals surface area contributed by atoms with Crippen molar-refractivity contribution in [3.8, 4) is 0 Å². The summed E-state index contributed by atoms with van der Waals surface area (Å²) in [6, 6.07) is 8.93. The van der Waals surface area contributed by atoms with Gasteiger partial charge in [0.15, 0.2) is 11.4 Å². The Balaban J connectivity index is 2.09. The molecule has 20 heavy (non-hydrogen) atoms. The lowest BCUT2D eigenvalue weighted by Crippen LogP contribution is -2.04. The van der Waals surface area contributed by atoms with Crippen LogP contribution in [0.4, 0.5) is 4.39 Å². The molecule has 0 atom stereocenters. The van der Waals surface area contributed by atoms with Crippen LogP contribution in [0.2, 0.25) is 0 Å². The van der Waals surface area contributed by atoms with Crippen molar-refractivity contribution in [3.63, 3.8) is 0 Å². The maximum Gasteiger partial charge on any atom is 0.417 e. The average Bonchev–Trinajstić information content (AvgIpc) is 2.77. The number of carbonyl (C=O) groups excluding carboxylic acids is 1. The second kappa shape index (κ2) is 4.45. The fourth-order valence-electron chi connectivity index (χ4n) is 2.05. The Morgan fingerprint density at radius 3 is 2.75 bits per heavy atom. The van der Waals surface area contributed by atoms with Crippen LogP contribution in [0.15, 0.2) is 45.6 Å². The number of aromatic amines is 1. The largest absolute Gasteiger partial charge is 0.417 e. The Labute approximate surface area is 112 Å². The molecule has 2 aromatic carbocycles. The van der Waals surface area contributed by atoms with Gasteiger partial charge in [0.05, 0.1) is 11.1 Å². The summed E-state index contributed by atoms with van der Waals surface area (Å²) in [6.07, 6.45) is 0. The van der Waals surface area contributed by atoms with Gasteiger partial charge in [-0.1, -0.05) is 6.07 Å². The van der Waals surface area contributed by atoms with Crippen molar-refractivity contribution >= 4 is 16.9 Å². The number of aromatic nitrogens is 1. The first-order valence-electron chi connectivity index (χ1n) is 5.98. The van der Waals surface area contributed by atoms with Crippen molar-refractivity contribution in [1.29, 1.82) is 0 Å². The molecule has 0 aliphatic rings. The van der Waals surface area contributed by atoms with E-state index in [1.165, 1.54) is 24.3 Å². The van der Waals surface area contributed by atoms with E-state index in [0.717, 1.165) is 5.56 Å². The molecule has 0 bridgehead atoms. The normalized spacial score (nSPS) is 10.9. The third kappa shape index (κ3) is 2.03. The fourth-order valence-corrected chi connectivity index (χ4v) is 2.05. The molecule has 0 aliphatic carbocycles. The van der Waals surface area contributed by atoms with E-state index in [1.54, 1.807) is 19.1 Å². The number of fused-ring (bicyclic) bond motifs is 1. The summed E-state index contributed by atoms with van der Waals surface area (Å²) < 4.78 is 18.7. The number of ketones is 1. The van der Waals surface area contributed by atoms with Crippen LogP contribution < -0.4 is 5.76 Å². The maximum atomic E-state index is 13.8. The zero-order valence-electron chi connectivity index (χ0n) is 10.6. The van der Waals surface area contributed by atoms with Crippen LogP contribution >= 0.6 is 0 Å². The minimum absolute atomic E-state index is 0.00664. The highest BCUT2D eigenvalue weighted by Gasteiger charge is 2.15. The van der Waals surface area contributed by atoms with E-state index in [1.807, 2.05) is 0 Å². The number of benzene rings is 2. The highest BCUT2D eigenvalue weighted by atomic mass is 19.1. The molecule has 0 aliphatic heterocycles. The first-order chi connectivity index (χ1) is 9.54. The summed E-state index contributed by atoms with van der Waals surface area (Å²) in [5.41, 5.74) is 1.77.